The maximum Gasteiger partial charge on any atom is 0.242 e. The van der Waals surface area contributed by atoms with Crippen molar-refractivity contribution in [1.82, 2.24) is 4.72 Å². The van der Waals surface area contributed by atoms with E-state index < -0.39 is 15.8 Å². The van der Waals surface area contributed by atoms with Gasteiger partial charge < -0.3 is 5.73 Å². The van der Waals surface area contributed by atoms with Crippen LogP contribution >= 0.6 is 0 Å². The van der Waals surface area contributed by atoms with Crippen molar-refractivity contribution in [2.75, 3.05) is 6.54 Å². The van der Waals surface area contributed by atoms with Crippen molar-refractivity contribution in [3.05, 3.63) is 29.6 Å². The van der Waals surface area contributed by atoms with Gasteiger partial charge >= 0.3 is 0 Å². The highest BCUT2D eigenvalue weighted by Crippen LogP contribution is 2.22. The number of hydrogen-bond acceptors (Lipinski definition) is 3. The number of nitrogens with two attached hydrogens (primary N) is 1. The maximum atomic E-state index is 13.3. The lowest BCUT2D eigenvalue weighted by Gasteiger charge is -2.28. The Labute approximate surface area is 126 Å². The van der Waals surface area contributed by atoms with Gasteiger partial charge in [0.25, 0.3) is 0 Å². The molecule has 6 heteroatoms. The van der Waals surface area contributed by atoms with E-state index in [1.54, 1.807) is 6.92 Å². The molecular weight excluding hydrogens is 291 g/mol. The topological polar surface area (TPSA) is 72.2 Å². The van der Waals surface area contributed by atoms with E-state index in [-0.39, 0.29) is 28.5 Å². The van der Waals surface area contributed by atoms with Crippen molar-refractivity contribution < 1.29 is 12.8 Å². The quantitative estimate of drug-likeness (QED) is 0.837. The van der Waals surface area contributed by atoms with Gasteiger partial charge in [0, 0.05) is 11.6 Å². The molecule has 4 nitrogen and oxygen atoms in total. The Balaban J connectivity index is 3.26. The van der Waals surface area contributed by atoms with E-state index in [1.807, 2.05) is 20.8 Å². The number of sulfonamides is 1. The number of rotatable bonds is 3. The van der Waals surface area contributed by atoms with Crippen molar-refractivity contribution in [3.8, 4) is 11.8 Å². The van der Waals surface area contributed by atoms with E-state index in [4.69, 9.17) is 5.73 Å². The molecule has 1 rings (SSSR count). The van der Waals surface area contributed by atoms with Gasteiger partial charge in [0.15, 0.2) is 0 Å². The molecule has 1 unspecified atom stereocenters. The highest BCUT2D eigenvalue weighted by molar-refractivity contribution is 7.89. The molecule has 1 aromatic rings. The molecule has 0 saturated heterocycles. The van der Waals surface area contributed by atoms with E-state index in [2.05, 4.69) is 16.6 Å². The summed E-state index contributed by atoms with van der Waals surface area (Å²) in [4.78, 5) is -0.0408. The van der Waals surface area contributed by atoms with Gasteiger partial charge in [-0.2, -0.15) is 0 Å². The zero-order chi connectivity index (χ0) is 16.3. The SMILES string of the molecule is CC(NS(=O)(=O)c1ccc(F)cc1C#CCN)C(C)(C)C. The zero-order valence-corrected chi connectivity index (χ0v) is 13.5. The van der Waals surface area contributed by atoms with Crippen LogP contribution in [0.25, 0.3) is 0 Å². The summed E-state index contributed by atoms with van der Waals surface area (Å²) in [7, 11) is -3.78. The summed E-state index contributed by atoms with van der Waals surface area (Å²) < 4.78 is 40.8. The van der Waals surface area contributed by atoms with Gasteiger partial charge in [-0.15, -0.1) is 0 Å². The smallest absolute Gasteiger partial charge is 0.242 e. The highest BCUT2D eigenvalue weighted by Gasteiger charge is 2.27. The van der Waals surface area contributed by atoms with Gasteiger partial charge in [0.2, 0.25) is 10.0 Å². The van der Waals surface area contributed by atoms with Crippen LogP contribution in [0.4, 0.5) is 4.39 Å². The lowest BCUT2D eigenvalue weighted by molar-refractivity contribution is 0.317. The van der Waals surface area contributed by atoms with Crippen LogP contribution in [0.1, 0.15) is 33.3 Å². The summed E-state index contributed by atoms with van der Waals surface area (Å²) in [5.74, 6) is 4.60. The minimum Gasteiger partial charge on any atom is -0.320 e. The molecule has 21 heavy (non-hydrogen) atoms. The second-order valence-electron chi connectivity index (χ2n) is 5.86. The van der Waals surface area contributed by atoms with E-state index in [1.165, 1.54) is 6.07 Å². The standard InChI is InChI=1S/C15H21FN2O2S/c1-11(15(2,3)4)18-21(19,20)14-8-7-13(16)10-12(14)6-5-9-17/h7-8,10-11,18H,9,17H2,1-4H3. The fourth-order valence-electron chi connectivity index (χ4n) is 1.45. The first kappa shape index (κ1) is 17.6. The van der Waals surface area contributed by atoms with Crippen molar-refractivity contribution in [2.45, 2.75) is 38.6 Å². The highest BCUT2D eigenvalue weighted by atomic mass is 32.2. The molecule has 116 valence electrons. The second kappa shape index (κ2) is 6.56. The summed E-state index contributed by atoms with van der Waals surface area (Å²) in [6.07, 6.45) is 0. The van der Waals surface area contributed by atoms with Crippen LogP contribution in [0.15, 0.2) is 23.1 Å². The van der Waals surface area contributed by atoms with E-state index in [9.17, 15) is 12.8 Å². The van der Waals surface area contributed by atoms with Crippen LogP contribution in [0, 0.1) is 23.1 Å². The molecule has 0 aliphatic rings. The van der Waals surface area contributed by atoms with E-state index >= 15 is 0 Å². The summed E-state index contributed by atoms with van der Waals surface area (Å²) in [5, 5.41) is 0. The van der Waals surface area contributed by atoms with Crippen molar-refractivity contribution in [1.29, 1.82) is 0 Å². The fourth-order valence-corrected chi connectivity index (χ4v) is 3.05. The average molecular weight is 312 g/mol. The molecule has 0 fully saturated rings. The Hall–Kier alpha value is -1.42. The monoisotopic (exact) mass is 312 g/mol. The Kier molecular flexibility index (Phi) is 5.51. The largest absolute Gasteiger partial charge is 0.320 e. The van der Waals surface area contributed by atoms with Crippen molar-refractivity contribution in [3.63, 3.8) is 0 Å². The molecule has 0 spiro atoms. The van der Waals surface area contributed by atoms with Gasteiger partial charge in [-0.1, -0.05) is 32.6 Å². The first-order chi connectivity index (χ1) is 9.58. The molecule has 0 aromatic heterocycles. The van der Waals surface area contributed by atoms with Crippen LogP contribution in [0.2, 0.25) is 0 Å². The maximum absolute atomic E-state index is 13.3. The lowest BCUT2D eigenvalue weighted by atomic mass is 9.89. The Morgan fingerprint density at radius 2 is 2.00 bits per heavy atom. The molecular formula is C15H21FN2O2S. The number of benzene rings is 1. The molecule has 0 amide bonds. The molecule has 1 atom stereocenters. The van der Waals surface area contributed by atoms with Crippen LogP contribution in [0.5, 0.6) is 0 Å². The Bertz CT molecular complexity index is 667. The molecule has 0 radical (unpaired) electrons. The molecule has 0 saturated carbocycles. The Morgan fingerprint density at radius 1 is 1.38 bits per heavy atom. The zero-order valence-electron chi connectivity index (χ0n) is 12.7. The predicted octanol–water partition coefficient (Wildman–Crippen LogP) is 1.85. The summed E-state index contributed by atoms with van der Waals surface area (Å²) in [6, 6.07) is 3.12. The number of nitrogens with one attached hydrogen (secondary N) is 1. The summed E-state index contributed by atoms with van der Waals surface area (Å²) in [5.41, 5.74) is 5.14. The average Bonchev–Trinajstić information content (AvgIpc) is 2.34. The van der Waals surface area contributed by atoms with Crippen LogP contribution < -0.4 is 10.5 Å². The number of hydrogen-bond donors (Lipinski definition) is 2. The molecule has 0 aliphatic heterocycles. The van der Waals surface area contributed by atoms with Gasteiger partial charge in [0.05, 0.1) is 11.4 Å². The van der Waals surface area contributed by atoms with Gasteiger partial charge in [-0.05, 0) is 30.5 Å². The Morgan fingerprint density at radius 3 is 2.52 bits per heavy atom. The van der Waals surface area contributed by atoms with Crippen LogP contribution in [0.3, 0.4) is 0 Å². The first-order valence-electron chi connectivity index (χ1n) is 6.59. The van der Waals surface area contributed by atoms with Gasteiger partial charge in [-0.3, -0.25) is 0 Å². The lowest BCUT2D eigenvalue weighted by Crippen LogP contribution is -2.41. The second-order valence-corrected chi connectivity index (χ2v) is 7.54. The molecule has 0 bridgehead atoms. The third-order valence-corrected chi connectivity index (χ3v) is 4.79. The minimum absolute atomic E-state index is 0.0408. The van der Waals surface area contributed by atoms with Crippen LogP contribution in [-0.2, 0) is 10.0 Å². The molecule has 3 N–H and O–H groups in total. The fraction of sp³-hybridized carbons (Fsp3) is 0.467. The number of halogens is 1. The molecule has 0 heterocycles. The molecule has 1 aromatic carbocycles. The van der Waals surface area contributed by atoms with E-state index in [0.717, 1.165) is 12.1 Å². The minimum atomic E-state index is -3.78. The summed E-state index contributed by atoms with van der Waals surface area (Å²) in [6.45, 7) is 7.65. The van der Waals surface area contributed by atoms with Gasteiger partial charge in [-0.25, -0.2) is 17.5 Å². The summed E-state index contributed by atoms with van der Waals surface area (Å²) >= 11 is 0. The van der Waals surface area contributed by atoms with E-state index in [0.29, 0.717) is 0 Å². The van der Waals surface area contributed by atoms with Crippen LogP contribution in [-0.4, -0.2) is 21.0 Å². The van der Waals surface area contributed by atoms with Crippen molar-refractivity contribution in [2.24, 2.45) is 11.1 Å². The third kappa shape index (κ3) is 4.81. The van der Waals surface area contributed by atoms with Crippen molar-refractivity contribution >= 4 is 10.0 Å². The normalized spacial score (nSPS) is 13.4. The van der Waals surface area contributed by atoms with Gasteiger partial charge in [0.1, 0.15) is 5.82 Å². The first-order valence-corrected chi connectivity index (χ1v) is 8.07. The molecule has 0 aliphatic carbocycles. The predicted molar refractivity (Wildman–Crippen MR) is 81.6 cm³/mol. The third-order valence-electron chi connectivity index (χ3n) is 3.19.